The van der Waals surface area contributed by atoms with Crippen LogP contribution in [0.15, 0.2) is 39.8 Å². The van der Waals surface area contributed by atoms with Crippen molar-refractivity contribution in [2.75, 3.05) is 6.54 Å². The second-order valence-electron chi connectivity index (χ2n) is 3.50. The van der Waals surface area contributed by atoms with E-state index in [1.165, 1.54) is 5.56 Å². The first-order valence-electron chi connectivity index (χ1n) is 4.77. The van der Waals surface area contributed by atoms with E-state index in [0.29, 0.717) is 0 Å². The van der Waals surface area contributed by atoms with E-state index in [4.69, 9.17) is 8.83 Å². The van der Waals surface area contributed by atoms with Crippen LogP contribution in [0.5, 0.6) is 0 Å². The lowest BCUT2D eigenvalue weighted by molar-refractivity contribution is 0.422. The van der Waals surface area contributed by atoms with Gasteiger partial charge in [-0.15, -0.1) is 0 Å². The Morgan fingerprint density at radius 2 is 2.29 bits per heavy atom. The molecular weight excluding hydrogens is 178 g/mol. The van der Waals surface area contributed by atoms with Gasteiger partial charge in [0.1, 0.15) is 5.76 Å². The van der Waals surface area contributed by atoms with Gasteiger partial charge in [-0.1, -0.05) is 0 Å². The van der Waals surface area contributed by atoms with Gasteiger partial charge in [-0.25, -0.2) is 0 Å². The monoisotopic (exact) mass is 189 g/mol. The third kappa shape index (κ3) is 1.09. The molecule has 1 aliphatic rings. The van der Waals surface area contributed by atoms with Crippen molar-refractivity contribution in [3.63, 3.8) is 0 Å². The molecule has 3 heteroatoms. The summed E-state index contributed by atoms with van der Waals surface area (Å²) in [5.74, 6) is 1.03. The van der Waals surface area contributed by atoms with Crippen LogP contribution in [-0.2, 0) is 6.42 Å². The summed E-state index contributed by atoms with van der Waals surface area (Å²) in [6.07, 6.45) is 6.24. The molecule has 2 aromatic heterocycles. The van der Waals surface area contributed by atoms with E-state index < -0.39 is 0 Å². The minimum absolute atomic E-state index is 0.160. The molecule has 3 heterocycles. The van der Waals surface area contributed by atoms with Gasteiger partial charge in [0, 0.05) is 12.1 Å². The zero-order valence-electron chi connectivity index (χ0n) is 7.69. The lowest BCUT2D eigenvalue weighted by Crippen LogP contribution is -2.29. The minimum Gasteiger partial charge on any atom is -0.472 e. The molecule has 0 saturated carbocycles. The molecule has 0 spiro atoms. The van der Waals surface area contributed by atoms with Gasteiger partial charge >= 0.3 is 0 Å². The molecule has 0 radical (unpaired) electrons. The Morgan fingerprint density at radius 3 is 3.14 bits per heavy atom. The highest BCUT2D eigenvalue weighted by atomic mass is 16.3. The van der Waals surface area contributed by atoms with Crippen LogP contribution in [0.3, 0.4) is 0 Å². The third-order valence-corrected chi connectivity index (χ3v) is 2.66. The predicted octanol–water partition coefficient (Wildman–Crippen LogP) is 2.11. The van der Waals surface area contributed by atoms with Crippen LogP contribution in [0.25, 0.3) is 0 Å². The second-order valence-corrected chi connectivity index (χ2v) is 3.50. The standard InChI is InChI=1S/C11H11NO2/c1-4-12-10(9-2-5-13-7-9)11-8(1)3-6-14-11/h2-3,5-7,10,12H,1,4H2. The molecule has 3 nitrogen and oxygen atoms in total. The molecule has 14 heavy (non-hydrogen) atoms. The topological polar surface area (TPSA) is 38.3 Å². The Hall–Kier alpha value is -1.48. The fraction of sp³-hybridized carbons (Fsp3) is 0.273. The van der Waals surface area contributed by atoms with Gasteiger partial charge in [0.2, 0.25) is 0 Å². The van der Waals surface area contributed by atoms with Gasteiger partial charge in [-0.2, -0.15) is 0 Å². The average molecular weight is 189 g/mol. The van der Waals surface area contributed by atoms with Crippen molar-refractivity contribution in [1.82, 2.24) is 5.32 Å². The summed E-state index contributed by atoms with van der Waals surface area (Å²) >= 11 is 0. The summed E-state index contributed by atoms with van der Waals surface area (Å²) in [7, 11) is 0. The van der Waals surface area contributed by atoms with Gasteiger partial charge in [0.15, 0.2) is 0 Å². The van der Waals surface area contributed by atoms with E-state index in [9.17, 15) is 0 Å². The molecule has 1 aliphatic heterocycles. The van der Waals surface area contributed by atoms with Crippen molar-refractivity contribution in [3.05, 3.63) is 47.8 Å². The van der Waals surface area contributed by atoms with Gasteiger partial charge in [-0.3, -0.25) is 0 Å². The normalized spacial score (nSPS) is 20.7. The number of hydrogen-bond donors (Lipinski definition) is 1. The predicted molar refractivity (Wildman–Crippen MR) is 51.0 cm³/mol. The molecule has 0 amide bonds. The van der Waals surface area contributed by atoms with Crippen LogP contribution in [0.1, 0.15) is 22.9 Å². The summed E-state index contributed by atoms with van der Waals surface area (Å²) in [5.41, 5.74) is 2.43. The molecular formula is C11H11NO2. The quantitative estimate of drug-likeness (QED) is 0.746. The number of rotatable bonds is 1. The highest BCUT2D eigenvalue weighted by Crippen LogP contribution is 2.29. The van der Waals surface area contributed by atoms with E-state index in [0.717, 1.165) is 24.3 Å². The van der Waals surface area contributed by atoms with Crippen LogP contribution in [0.4, 0.5) is 0 Å². The fourth-order valence-corrected chi connectivity index (χ4v) is 1.96. The summed E-state index contributed by atoms with van der Waals surface area (Å²) < 4.78 is 10.6. The molecule has 1 unspecified atom stereocenters. The van der Waals surface area contributed by atoms with Gasteiger partial charge in [0.05, 0.1) is 24.8 Å². The van der Waals surface area contributed by atoms with Crippen molar-refractivity contribution in [2.45, 2.75) is 12.5 Å². The van der Waals surface area contributed by atoms with Crippen molar-refractivity contribution in [3.8, 4) is 0 Å². The molecule has 72 valence electrons. The molecule has 0 bridgehead atoms. The zero-order valence-corrected chi connectivity index (χ0v) is 7.69. The molecule has 2 aromatic rings. The van der Waals surface area contributed by atoms with Gasteiger partial charge < -0.3 is 14.2 Å². The lowest BCUT2D eigenvalue weighted by atomic mass is 9.99. The minimum atomic E-state index is 0.160. The van der Waals surface area contributed by atoms with Crippen molar-refractivity contribution in [1.29, 1.82) is 0 Å². The highest BCUT2D eigenvalue weighted by molar-refractivity contribution is 5.31. The molecule has 0 aliphatic carbocycles. The maximum absolute atomic E-state index is 5.49. The number of nitrogens with one attached hydrogen (secondary N) is 1. The SMILES string of the molecule is c1cc(C2NCCc3ccoc32)co1. The van der Waals surface area contributed by atoms with Crippen LogP contribution in [-0.4, -0.2) is 6.54 Å². The second kappa shape index (κ2) is 3.03. The molecule has 3 rings (SSSR count). The van der Waals surface area contributed by atoms with E-state index in [-0.39, 0.29) is 6.04 Å². The van der Waals surface area contributed by atoms with E-state index in [1.54, 1.807) is 18.8 Å². The van der Waals surface area contributed by atoms with Crippen molar-refractivity contribution in [2.24, 2.45) is 0 Å². The third-order valence-electron chi connectivity index (χ3n) is 2.66. The molecule has 0 fully saturated rings. The lowest BCUT2D eigenvalue weighted by Gasteiger charge is -2.21. The Bertz CT molecular complexity index is 416. The summed E-state index contributed by atoms with van der Waals surface area (Å²) in [4.78, 5) is 0. The molecule has 0 aromatic carbocycles. The van der Waals surface area contributed by atoms with Crippen LogP contribution >= 0.6 is 0 Å². The summed E-state index contributed by atoms with van der Waals surface area (Å²) in [6, 6.07) is 4.17. The first kappa shape index (κ1) is 7.88. The van der Waals surface area contributed by atoms with E-state index in [1.807, 2.05) is 12.1 Å². The molecule has 1 atom stereocenters. The smallest absolute Gasteiger partial charge is 0.128 e. The van der Waals surface area contributed by atoms with Crippen LogP contribution < -0.4 is 5.32 Å². The zero-order chi connectivity index (χ0) is 9.38. The highest BCUT2D eigenvalue weighted by Gasteiger charge is 2.24. The molecule has 1 N–H and O–H groups in total. The maximum Gasteiger partial charge on any atom is 0.128 e. The Balaban J connectivity index is 2.04. The van der Waals surface area contributed by atoms with Gasteiger partial charge in [0.25, 0.3) is 0 Å². The summed E-state index contributed by atoms with van der Waals surface area (Å²) in [6.45, 7) is 0.988. The van der Waals surface area contributed by atoms with Gasteiger partial charge in [-0.05, 0) is 24.1 Å². The largest absolute Gasteiger partial charge is 0.472 e. The van der Waals surface area contributed by atoms with Crippen molar-refractivity contribution >= 4 is 0 Å². The maximum atomic E-state index is 5.49. The number of furan rings is 2. The molecule has 0 saturated heterocycles. The van der Waals surface area contributed by atoms with Crippen molar-refractivity contribution < 1.29 is 8.83 Å². The first-order valence-corrected chi connectivity index (χ1v) is 4.77. The van der Waals surface area contributed by atoms with Crippen LogP contribution in [0.2, 0.25) is 0 Å². The number of fused-ring (bicyclic) bond motifs is 1. The number of hydrogen-bond acceptors (Lipinski definition) is 3. The Kier molecular flexibility index (Phi) is 1.70. The fourth-order valence-electron chi connectivity index (χ4n) is 1.96. The first-order chi connectivity index (χ1) is 6.95. The summed E-state index contributed by atoms with van der Waals surface area (Å²) in [5, 5.41) is 3.41. The average Bonchev–Trinajstić information content (AvgIpc) is 2.88. The van der Waals surface area contributed by atoms with Crippen LogP contribution in [0, 0.1) is 0 Å². The Morgan fingerprint density at radius 1 is 1.29 bits per heavy atom. The Labute approximate surface area is 81.7 Å². The van der Waals surface area contributed by atoms with E-state index >= 15 is 0 Å². The van der Waals surface area contributed by atoms with E-state index in [2.05, 4.69) is 5.32 Å².